The lowest BCUT2D eigenvalue weighted by molar-refractivity contribution is -0.139. The quantitative estimate of drug-likeness (QED) is 0.329. The van der Waals surface area contributed by atoms with Gasteiger partial charge in [-0.3, -0.25) is 14.6 Å². The van der Waals surface area contributed by atoms with Gasteiger partial charge in [-0.2, -0.15) is 13.2 Å². The molecule has 0 radical (unpaired) electrons. The number of nitrogens with zero attached hydrogens (tertiary/aromatic N) is 1. The molecule has 3 amide bonds. The second-order valence-electron chi connectivity index (χ2n) is 7.31. The third-order valence-corrected chi connectivity index (χ3v) is 4.89. The summed E-state index contributed by atoms with van der Waals surface area (Å²) in [5.74, 6) is -1.30. The van der Waals surface area contributed by atoms with Gasteiger partial charge in [-0.1, -0.05) is 11.6 Å². The van der Waals surface area contributed by atoms with E-state index >= 15 is 0 Å². The fraction of sp³-hybridized carbons (Fsp3) is 0.130. The Morgan fingerprint density at radius 2 is 1.61 bits per heavy atom. The first-order chi connectivity index (χ1) is 16.9. The van der Waals surface area contributed by atoms with Gasteiger partial charge in [-0.05, 0) is 55.5 Å². The van der Waals surface area contributed by atoms with Gasteiger partial charge >= 0.3 is 18.2 Å². The monoisotopic (exact) mass is 522 g/mol. The summed E-state index contributed by atoms with van der Waals surface area (Å²) >= 11 is 5.57. The first kappa shape index (κ1) is 26.3. The molecule has 3 aromatic rings. The van der Waals surface area contributed by atoms with Crippen LogP contribution in [0, 0.1) is 0 Å². The molecular weight excluding hydrogens is 505 g/mol. The van der Waals surface area contributed by atoms with Gasteiger partial charge in [0.2, 0.25) is 0 Å². The van der Waals surface area contributed by atoms with Crippen LogP contribution < -0.4 is 20.7 Å². The van der Waals surface area contributed by atoms with Crippen LogP contribution in [0.4, 0.5) is 29.3 Å². The highest BCUT2D eigenvalue weighted by molar-refractivity contribution is 6.31. The summed E-state index contributed by atoms with van der Waals surface area (Å²) in [5.41, 5.74) is -0.898. The van der Waals surface area contributed by atoms with Crippen LogP contribution in [-0.4, -0.2) is 34.0 Å². The SMILES string of the molecule is CC(NC(=O)c1cc(Oc2ccc(NC(=O)Nc3ccc(Cl)c(C(F)(F)F)c3)cc2)ccn1)C(=O)O. The molecule has 2 aromatic carbocycles. The molecule has 0 fully saturated rings. The molecule has 1 heterocycles. The topological polar surface area (TPSA) is 130 Å². The van der Waals surface area contributed by atoms with Crippen molar-refractivity contribution in [2.75, 3.05) is 10.6 Å². The Labute approximate surface area is 207 Å². The Bertz CT molecular complexity index is 1290. The van der Waals surface area contributed by atoms with Crippen LogP contribution in [0.1, 0.15) is 23.0 Å². The smallest absolute Gasteiger partial charge is 0.417 e. The van der Waals surface area contributed by atoms with Crippen molar-refractivity contribution in [3.63, 3.8) is 0 Å². The van der Waals surface area contributed by atoms with Crippen molar-refractivity contribution < 1.29 is 37.4 Å². The molecular formula is C23H18ClF3N4O5. The van der Waals surface area contributed by atoms with Gasteiger partial charge < -0.3 is 25.8 Å². The second kappa shape index (κ2) is 11.0. The number of pyridine rings is 1. The number of aromatic nitrogens is 1. The molecule has 0 bridgehead atoms. The van der Waals surface area contributed by atoms with Crippen LogP contribution in [0.5, 0.6) is 11.5 Å². The zero-order valence-electron chi connectivity index (χ0n) is 18.4. The number of carbonyl (C=O) groups excluding carboxylic acids is 2. The van der Waals surface area contributed by atoms with Crippen LogP contribution >= 0.6 is 11.6 Å². The van der Waals surface area contributed by atoms with E-state index in [1.54, 1.807) is 0 Å². The Balaban J connectivity index is 1.61. The van der Waals surface area contributed by atoms with Crippen LogP contribution in [-0.2, 0) is 11.0 Å². The van der Waals surface area contributed by atoms with Gasteiger partial charge in [0, 0.05) is 23.6 Å². The minimum atomic E-state index is -4.67. The standard InChI is InChI=1S/C23H18ClF3N4O5/c1-12(21(33)34)29-20(32)19-11-16(8-9-28-19)36-15-5-2-13(3-6-15)30-22(35)31-14-4-7-18(24)17(10-14)23(25,26)27/h2-12H,1H3,(H,29,32)(H,33,34)(H2,30,31,35). The van der Waals surface area contributed by atoms with Crippen LogP contribution in [0.25, 0.3) is 0 Å². The maximum Gasteiger partial charge on any atom is 0.417 e. The number of carbonyl (C=O) groups is 3. The van der Waals surface area contributed by atoms with Crippen molar-refractivity contribution in [3.05, 3.63) is 77.1 Å². The maximum absolute atomic E-state index is 13.0. The number of nitrogens with one attached hydrogen (secondary N) is 3. The number of amides is 3. The van der Waals surface area contributed by atoms with Crippen molar-refractivity contribution in [2.24, 2.45) is 0 Å². The number of ether oxygens (including phenoxy) is 1. The van der Waals surface area contributed by atoms with Crippen molar-refractivity contribution in [3.8, 4) is 11.5 Å². The number of halogens is 4. The fourth-order valence-corrected chi connectivity index (χ4v) is 3.01. The van der Waals surface area contributed by atoms with E-state index in [0.29, 0.717) is 11.4 Å². The third-order valence-electron chi connectivity index (χ3n) is 4.56. The first-order valence-electron chi connectivity index (χ1n) is 10.1. The Kier molecular flexibility index (Phi) is 8.00. The van der Waals surface area contributed by atoms with Crippen molar-refractivity contribution >= 4 is 40.9 Å². The van der Waals surface area contributed by atoms with E-state index in [1.807, 2.05) is 0 Å². The Morgan fingerprint density at radius 3 is 2.25 bits per heavy atom. The van der Waals surface area contributed by atoms with Crippen molar-refractivity contribution in [2.45, 2.75) is 19.1 Å². The summed E-state index contributed by atoms with van der Waals surface area (Å²) in [6.07, 6.45) is -3.35. The third kappa shape index (κ3) is 7.09. The fourth-order valence-electron chi connectivity index (χ4n) is 2.79. The average molecular weight is 523 g/mol. The molecule has 1 unspecified atom stereocenters. The molecule has 0 saturated heterocycles. The molecule has 4 N–H and O–H groups in total. The van der Waals surface area contributed by atoms with Gasteiger partial charge in [0.15, 0.2) is 0 Å². The molecule has 0 aliphatic heterocycles. The normalized spacial score (nSPS) is 11.8. The molecule has 1 atom stereocenters. The average Bonchev–Trinajstić information content (AvgIpc) is 2.81. The molecule has 9 nitrogen and oxygen atoms in total. The molecule has 0 spiro atoms. The van der Waals surface area contributed by atoms with Gasteiger partial charge in [0.1, 0.15) is 23.2 Å². The zero-order chi connectivity index (χ0) is 26.5. The highest BCUT2D eigenvalue weighted by Gasteiger charge is 2.33. The molecule has 0 aliphatic rings. The molecule has 0 aliphatic carbocycles. The highest BCUT2D eigenvalue weighted by atomic mass is 35.5. The predicted octanol–water partition coefficient (Wildman–Crippen LogP) is 5.39. The number of carboxylic acid groups (broad SMARTS) is 1. The lowest BCUT2D eigenvalue weighted by atomic mass is 10.2. The molecule has 13 heteroatoms. The lowest BCUT2D eigenvalue weighted by Gasteiger charge is -2.13. The summed E-state index contributed by atoms with van der Waals surface area (Å²) in [5, 5.41) is 15.5. The van der Waals surface area contributed by atoms with E-state index < -0.39 is 40.7 Å². The number of hydrogen-bond donors (Lipinski definition) is 4. The Morgan fingerprint density at radius 1 is 0.972 bits per heavy atom. The molecule has 188 valence electrons. The van der Waals surface area contributed by atoms with Gasteiger partial charge in [-0.25, -0.2) is 4.79 Å². The van der Waals surface area contributed by atoms with E-state index in [-0.39, 0.29) is 17.1 Å². The summed E-state index contributed by atoms with van der Waals surface area (Å²) in [7, 11) is 0. The minimum Gasteiger partial charge on any atom is -0.480 e. The van der Waals surface area contributed by atoms with Crippen molar-refractivity contribution in [1.29, 1.82) is 0 Å². The highest BCUT2D eigenvalue weighted by Crippen LogP contribution is 2.36. The maximum atomic E-state index is 13.0. The van der Waals surface area contributed by atoms with Gasteiger partial charge in [0.25, 0.3) is 5.91 Å². The van der Waals surface area contributed by atoms with E-state index in [9.17, 15) is 27.6 Å². The van der Waals surface area contributed by atoms with Crippen LogP contribution in [0.3, 0.4) is 0 Å². The molecule has 3 rings (SSSR count). The summed E-state index contributed by atoms with van der Waals surface area (Å²) < 4.78 is 44.6. The number of urea groups is 1. The second-order valence-corrected chi connectivity index (χ2v) is 7.72. The van der Waals surface area contributed by atoms with E-state index in [4.69, 9.17) is 21.4 Å². The zero-order valence-corrected chi connectivity index (χ0v) is 19.1. The van der Waals surface area contributed by atoms with E-state index in [2.05, 4.69) is 20.9 Å². The van der Waals surface area contributed by atoms with Crippen LogP contribution in [0.2, 0.25) is 5.02 Å². The molecule has 0 saturated carbocycles. The summed E-state index contributed by atoms with van der Waals surface area (Å²) in [6, 6.07) is 9.91. The van der Waals surface area contributed by atoms with Crippen molar-refractivity contribution in [1.82, 2.24) is 10.3 Å². The largest absolute Gasteiger partial charge is 0.480 e. The lowest BCUT2D eigenvalue weighted by Crippen LogP contribution is -2.38. The number of anilines is 2. The number of carboxylic acids is 1. The Hall–Kier alpha value is -4.32. The predicted molar refractivity (Wildman–Crippen MR) is 124 cm³/mol. The van der Waals surface area contributed by atoms with E-state index in [0.717, 1.165) is 12.1 Å². The number of alkyl halides is 3. The molecule has 36 heavy (non-hydrogen) atoms. The number of hydrogen-bond acceptors (Lipinski definition) is 5. The summed E-state index contributed by atoms with van der Waals surface area (Å²) in [6.45, 7) is 1.31. The van der Waals surface area contributed by atoms with Crippen LogP contribution in [0.15, 0.2) is 60.8 Å². The first-order valence-corrected chi connectivity index (χ1v) is 10.5. The van der Waals surface area contributed by atoms with Gasteiger partial charge in [0.05, 0.1) is 10.6 Å². The minimum absolute atomic E-state index is 0.0496. The summed E-state index contributed by atoms with van der Waals surface area (Å²) in [4.78, 5) is 39.1. The molecule has 1 aromatic heterocycles. The number of aliphatic carboxylic acids is 1. The number of rotatable bonds is 7. The number of benzene rings is 2. The van der Waals surface area contributed by atoms with Gasteiger partial charge in [-0.15, -0.1) is 0 Å². The van der Waals surface area contributed by atoms with E-state index in [1.165, 1.54) is 55.6 Å².